The highest BCUT2D eigenvalue weighted by Gasteiger charge is 2.27. The number of nitrogens with two attached hydrogens (primary N) is 1. The van der Waals surface area contributed by atoms with E-state index in [9.17, 15) is 9.59 Å². The lowest BCUT2D eigenvalue weighted by Crippen LogP contribution is -2.22. The Morgan fingerprint density at radius 3 is 2.90 bits per heavy atom. The van der Waals surface area contributed by atoms with E-state index in [1.54, 1.807) is 37.4 Å². The molecule has 0 atom stereocenters. The number of thiocarbonyl (C=S) groups is 1. The molecule has 0 unspecified atom stereocenters. The third-order valence-corrected chi connectivity index (χ3v) is 4.03. The SMILES string of the molecule is CN1C(=O)/C(=C/C=C/c2ccc(CC(N)=O)o2)SC1=S. The van der Waals surface area contributed by atoms with Crippen molar-refractivity contribution in [3.8, 4) is 0 Å². The van der Waals surface area contributed by atoms with Crippen LogP contribution in [0.5, 0.6) is 0 Å². The van der Waals surface area contributed by atoms with Gasteiger partial charge in [0.15, 0.2) is 0 Å². The Hall–Kier alpha value is -1.86. The largest absolute Gasteiger partial charge is 0.461 e. The fraction of sp³-hybridized carbons (Fsp3) is 0.154. The zero-order valence-corrected chi connectivity index (χ0v) is 12.3. The van der Waals surface area contributed by atoms with Crippen molar-refractivity contribution in [2.75, 3.05) is 7.05 Å². The molecular formula is C13H12N2O3S2. The van der Waals surface area contributed by atoms with Gasteiger partial charge in [-0.3, -0.25) is 14.5 Å². The van der Waals surface area contributed by atoms with E-state index in [2.05, 4.69) is 0 Å². The molecule has 0 bridgehead atoms. The fourth-order valence-corrected chi connectivity index (χ4v) is 2.67. The number of hydrogen-bond donors (Lipinski definition) is 1. The summed E-state index contributed by atoms with van der Waals surface area (Å²) in [5.74, 6) is 0.543. The summed E-state index contributed by atoms with van der Waals surface area (Å²) < 4.78 is 5.92. The van der Waals surface area contributed by atoms with Crippen LogP contribution in [0.1, 0.15) is 11.5 Å². The van der Waals surface area contributed by atoms with E-state index in [-0.39, 0.29) is 12.3 Å². The Balaban J connectivity index is 2.03. The molecular weight excluding hydrogens is 296 g/mol. The zero-order valence-electron chi connectivity index (χ0n) is 10.7. The van der Waals surface area contributed by atoms with Crippen LogP contribution in [0.4, 0.5) is 0 Å². The van der Waals surface area contributed by atoms with E-state index in [1.807, 2.05) is 0 Å². The van der Waals surface area contributed by atoms with Crippen LogP contribution < -0.4 is 5.73 Å². The maximum Gasteiger partial charge on any atom is 0.265 e. The van der Waals surface area contributed by atoms with E-state index in [0.717, 1.165) is 0 Å². The van der Waals surface area contributed by atoms with Gasteiger partial charge in [-0.1, -0.05) is 30.1 Å². The molecule has 104 valence electrons. The number of amides is 2. The highest BCUT2D eigenvalue weighted by Crippen LogP contribution is 2.29. The molecule has 0 aliphatic carbocycles. The lowest BCUT2D eigenvalue weighted by Gasteiger charge is -2.03. The number of hydrogen-bond acceptors (Lipinski definition) is 5. The molecule has 20 heavy (non-hydrogen) atoms. The summed E-state index contributed by atoms with van der Waals surface area (Å²) >= 11 is 6.28. The fourth-order valence-electron chi connectivity index (χ4n) is 1.54. The summed E-state index contributed by atoms with van der Waals surface area (Å²) in [7, 11) is 1.64. The second kappa shape index (κ2) is 6.06. The summed E-state index contributed by atoms with van der Waals surface area (Å²) in [5.41, 5.74) is 5.07. The van der Waals surface area contributed by atoms with E-state index in [0.29, 0.717) is 20.7 Å². The minimum Gasteiger partial charge on any atom is -0.461 e. The van der Waals surface area contributed by atoms with Crippen LogP contribution in [-0.2, 0) is 16.0 Å². The van der Waals surface area contributed by atoms with Gasteiger partial charge in [-0.2, -0.15) is 0 Å². The second-order valence-corrected chi connectivity index (χ2v) is 5.75. The third kappa shape index (κ3) is 3.37. The molecule has 5 nitrogen and oxygen atoms in total. The van der Waals surface area contributed by atoms with Crippen LogP contribution in [0.2, 0.25) is 0 Å². The average molecular weight is 308 g/mol. The molecule has 1 aromatic rings. The van der Waals surface area contributed by atoms with Crippen molar-refractivity contribution in [2.24, 2.45) is 5.73 Å². The molecule has 2 heterocycles. The van der Waals surface area contributed by atoms with Gasteiger partial charge in [-0.15, -0.1) is 0 Å². The van der Waals surface area contributed by atoms with Crippen molar-refractivity contribution in [2.45, 2.75) is 6.42 Å². The molecule has 1 fully saturated rings. The molecule has 1 aromatic heterocycles. The Labute approximate surface area is 125 Å². The predicted molar refractivity (Wildman–Crippen MR) is 81.7 cm³/mol. The van der Waals surface area contributed by atoms with Crippen molar-refractivity contribution in [3.63, 3.8) is 0 Å². The number of carbonyl (C=O) groups excluding carboxylic acids is 2. The van der Waals surface area contributed by atoms with Gasteiger partial charge in [0, 0.05) is 7.05 Å². The number of rotatable bonds is 4. The van der Waals surface area contributed by atoms with Crippen LogP contribution in [0.3, 0.4) is 0 Å². The van der Waals surface area contributed by atoms with Gasteiger partial charge in [0.2, 0.25) is 5.91 Å². The molecule has 1 aliphatic heterocycles. The van der Waals surface area contributed by atoms with Gasteiger partial charge in [-0.25, -0.2) is 0 Å². The van der Waals surface area contributed by atoms with Crippen molar-refractivity contribution >= 4 is 46.2 Å². The Morgan fingerprint density at radius 1 is 1.55 bits per heavy atom. The highest BCUT2D eigenvalue weighted by atomic mass is 32.2. The number of thioether (sulfide) groups is 1. The molecule has 7 heteroatoms. The third-order valence-electron chi connectivity index (χ3n) is 2.53. The predicted octanol–water partition coefficient (Wildman–Crippen LogP) is 1.69. The first-order valence-electron chi connectivity index (χ1n) is 5.72. The lowest BCUT2D eigenvalue weighted by molar-refractivity contribution is -0.121. The molecule has 0 radical (unpaired) electrons. The zero-order chi connectivity index (χ0) is 14.7. The van der Waals surface area contributed by atoms with Crippen LogP contribution in [0.25, 0.3) is 6.08 Å². The highest BCUT2D eigenvalue weighted by molar-refractivity contribution is 8.26. The number of furan rings is 1. The lowest BCUT2D eigenvalue weighted by atomic mass is 10.3. The Morgan fingerprint density at radius 2 is 2.30 bits per heavy atom. The van der Waals surface area contributed by atoms with E-state index >= 15 is 0 Å². The molecule has 1 aliphatic rings. The van der Waals surface area contributed by atoms with E-state index < -0.39 is 5.91 Å². The van der Waals surface area contributed by atoms with E-state index in [4.69, 9.17) is 22.4 Å². The molecule has 2 rings (SSSR count). The number of likely N-dealkylation sites (N-methyl/N-ethyl adjacent to an activating group) is 1. The molecule has 0 aromatic carbocycles. The molecule has 2 amide bonds. The van der Waals surface area contributed by atoms with Crippen molar-refractivity contribution in [3.05, 3.63) is 40.7 Å². The minimum absolute atomic E-state index is 0.0718. The van der Waals surface area contributed by atoms with Crippen LogP contribution >= 0.6 is 24.0 Å². The number of allylic oxidation sites excluding steroid dienone is 2. The van der Waals surface area contributed by atoms with Crippen LogP contribution in [0.15, 0.2) is 33.6 Å². The molecule has 1 saturated heterocycles. The monoisotopic (exact) mass is 308 g/mol. The smallest absolute Gasteiger partial charge is 0.265 e. The summed E-state index contributed by atoms with van der Waals surface area (Å²) in [4.78, 5) is 24.5. The first kappa shape index (κ1) is 14.5. The molecule has 0 saturated carbocycles. The molecule has 0 spiro atoms. The maximum atomic E-state index is 11.7. The minimum atomic E-state index is -0.443. The van der Waals surface area contributed by atoms with Gasteiger partial charge in [0.1, 0.15) is 15.8 Å². The van der Waals surface area contributed by atoms with Gasteiger partial charge >= 0.3 is 0 Å². The summed E-state index contributed by atoms with van der Waals surface area (Å²) in [6, 6.07) is 3.42. The van der Waals surface area contributed by atoms with Crippen LogP contribution in [-0.4, -0.2) is 28.1 Å². The first-order chi connectivity index (χ1) is 9.47. The van der Waals surface area contributed by atoms with Gasteiger partial charge in [0.25, 0.3) is 5.91 Å². The Kier molecular flexibility index (Phi) is 4.41. The van der Waals surface area contributed by atoms with Crippen molar-refractivity contribution in [1.29, 1.82) is 0 Å². The quantitative estimate of drug-likeness (QED) is 0.676. The van der Waals surface area contributed by atoms with Crippen molar-refractivity contribution < 1.29 is 14.0 Å². The number of carbonyl (C=O) groups is 2. The second-order valence-electron chi connectivity index (χ2n) is 4.07. The van der Waals surface area contributed by atoms with Crippen LogP contribution in [0, 0.1) is 0 Å². The summed E-state index contributed by atoms with van der Waals surface area (Å²) in [6.07, 6.45) is 5.16. The van der Waals surface area contributed by atoms with E-state index in [1.165, 1.54) is 16.7 Å². The maximum absolute atomic E-state index is 11.7. The first-order valence-corrected chi connectivity index (χ1v) is 6.95. The Bertz CT molecular complexity index is 631. The number of nitrogens with zero attached hydrogens (tertiary/aromatic N) is 1. The summed E-state index contributed by atoms with van der Waals surface area (Å²) in [5, 5.41) is 0. The van der Waals surface area contributed by atoms with Gasteiger partial charge in [0.05, 0.1) is 11.3 Å². The standard InChI is InChI=1S/C13H12N2O3S2/c1-15-12(17)10(20-13(15)19)4-2-3-8-5-6-9(18-8)7-11(14)16/h2-6H,7H2,1H3,(H2,14,16)/b3-2+,10-4-. The van der Waals surface area contributed by atoms with Crippen molar-refractivity contribution in [1.82, 2.24) is 4.90 Å². The average Bonchev–Trinajstić information content (AvgIpc) is 2.90. The summed E-state index contributed by atoms with van der Waals surface area (Å²) in [6.45, 7) is 0. The van der Waals surface area contributed by atoms with Gasteiger partial charge < -0.3 is 10.2 Å². The number of primary amides is 1. The topological polar surface area (TPSA) is 76.5 Å². The van der Waals surface area contributed by atoms with Gasteiger partial charge in [-0.05, 0) is 24.3 Å². The normalized spacial score (nSPS) is 17.6. The molecule has 2 N–H and O–H groups in total.